The number of carbonyl (C=O) groups is 1. The molecule has 2 fully saturated rings. The number of hydrogen-bond donors (Lipinski definition) is 0. The molecule has 0 spiro atoms. The predicted octanol–water partition coefficient (Wildman–Crippen LogP) is 3.61. The van der Waals surface area contributed by atoms with E-state index in [9.17, 15) is 9.18 Å². The smallest absolute Gasteiger partial charge is 0.236 e. The Morgan fingerprint density at radius 2 is 1.68 bits per heavy atom. The van der Waals surface area contributed by atoms with Crippen LogP contribution < -0.4 is 0 Å². The van der Waals surface area contributed by atoms with Crippen LogP contribution in [0, 0.1) is 5.82 Å². The number of halogens is 1. The van der Waals surface area contributed by atoms with Crippen molar-refractivity contribution in [2.45, 2.75) is 24.9 Å². The van der Waals surface area contributed by atoms with Crippen LogP contribution in [0.5, 0.6) is 0 Å². The van der Waals surface area contributed by atoms with Gasteiger partial charge in [0.15, 0.2) is 0 Å². The number of morpholine rings is 1. The predicted molar refractivity (Wildman–Crippen MR) is 107 cm³/mol. The van der Waals surface area contributed by atoms with E-state index in [1.807, 2.05) is 4.90 Å². The van der Waals surface area contributed by atoms with Gasteiger partial charge in [0.2, 0.25) is 5.91 Å². The minimum atomic E-state index is -0.258. The van der Waals surface area contributed by atoms with Crippen molar-refractivity contribution in [1.82, 2.24) is 9.80 Å². The van der Waals surface area contributed by atoms with Gasteiger partial charge in [0.1, 0.15) is 11.9 Å². The first-order valence-electron chi connectivity index (χ1n) is 10.1. The molecule has 0 bridgehead atoms. The van der Waals surface area contributed by atoms with Crippen molar-refractivity contribution in [1.29, 1.82) is 0 Å². The average Bonchev–Trinajstić information content (AvgIpc) is 2.75. The maximum atomic E-state index is 13.1. The van der Waals surface area contributed by atoms with E-state index >= 15 is 0 Å². The van der Waals surface area contributed by atoms with Crippen molar-refractivity contribution < 1.29 is 13.9 Å². The van der Waals surface area contributed by atoms with Crippen LogP contribution in [0.2, 0.25) is 0 Å². The molecule has 2 saturated heterocycles. The molecule has 2 aromatic rings. The van der Waals surface area contributed by atoms with Crippen molar-refractivity contribution >= 4 is 5.91 Å². The molecule has 0 radical (unpaired) electrons. The van der Waals surface area contributed by atoms with Crippen LogP contribution >= 0.6 is 0 Å². The number of amides is 1. The molecule has 2 aliphatic heterocycles. The van der Waals surface area contributed by atoms with Gasteiger partial charge in [-0.25, -0.2) is 4.39 Å². The van der Waals surface area contributed by atoms with E-state index < -0.39 is 0 Å². The molecule has 5 heteroatoms. The summed E-state index contributed by atoms with van der Waals surface area (Å²) < 4.78 is 19.0. The molecule has 1 atom stereocenters. The van der Waals surface area contributed by atoms with E-state index in [0.717, 1.165) is 31.5 Å². The molecule has 2 aromatic carbocycles. The lowest BCUT2D eigenvalue weighted by Gasteiger charge is -2.36. The van der Waals surface area contributed by atoms with Crippen LogP contribution in [0.4, 0.5) is 4.39 Å². The van der Waals surface area contributed by atoms with Gasteiger partial charge in [0, 0.05) is 6.54 Å². The number of likely N-dealkylation sites (tertiary alicyclic amines) is 1. The number of rotatable bonds is 4. The largest absolute Gasteiger partial charge is 0.370 e. The zero-order valence-electron chi connectivity index (χ0n) is 16.1. The Morgan fingerprint density at radius 1 is 0.964 bits per heavy atom. The first-order chi connectivity index (χ1) is 13.7. The Morgan fingerprint density at radius 3 is 2.39 bits per heavy atom. The fourth-order valence-corrected chi connectivity index (χ4v) is 4.20. The molecular formula is C23H27FN2O2. The van der Waals surface area contributed by atoms with E-state index in [4.69, 9.17) is 4.74 Å². The fourth-order valence-electron chi connectivity index (χ4n) is 4.20. The van der Waals surface area contributed by atoms with Crippen LogP contribution in [0.3, 0.4) is 0 Å². The summed E-state index contributed by atoms with van der Waals surface area (Å²) in [5, 5.41) is 0. The fraction of sp³-hybridized carbons (Fsp3) is 0.435. The van der Waals surface area contributed by atoms with Crippen LogP contribution in [0.15, 0.2) is 54.6 Å². The first-order valence-corrected chi connectivity index (χ1v) is 10.1. The van der Waals surface area contributed by atoms with Gasteiger partial charge >= 0.3 is 0 Å². The number of carbonyl (C=O) groups excluding carboxylic acids is 1. The van der Waals surface area contributed by atoms with Gasteiger partial charge in [-0.1, -0.05) is 42.5 Å². The average molecular weight is 382 g/mol. The summed E-state index contributed by atoms with van der Waals surface area (Å²) in [4.78, 5) is 17.0. The third kappa shape index (κ3) is 4.59. The molecule has 0 aromatic heterocycles. The second-order valence-electron chi connectivity index (χ2n) is 7.71. The number of benzene rings is 2. The third-order valence-corrected chi connectivity index (χ3v) is 5.88. The van der Waals surface area contributed by atoms with Crippen LogP contribution in [0.25, 0.3) is 0 Å². The quantitative estimate of drug-likeness (QED) is 0.810. The molecule has 148 valence electrons. The molecule has 0 saturated carbocycles. The van der Waals surface area contributed by atoms with Crippen LogP contribution in [-0.4, -0.2) is 55.0 Å². The lowest BCUT2D eigenvalue weighted by molar-refractivity contribution is -0.140. The van der Waals surface area contributed by atoms with Gasteiger partial charge in [-0.2, -0.15) is 0 Å². The second-order valence-corrected chi connectivity index (χ2v) is 7.71. The Hall–Kier alpha value is -2.24. The van der Waals surface area contributed by atoms with Gasteiger partial charge in [0.25, 0.3) is 0 Å². The molecule has 1 amide bonds. The highest BCUT2D eigenvalue weighted by atomic mass is 19.1. The highest BCUT2D eigenvalue weighted by Gasteiger charge is 2.28. The monoisotopic (exact) mass is 382 g/mol. The summed E-state index contributed by atoms with van der Waals surface area (Å²) >= 11 is 0. The van der Waals surface area contributed by atoms with Crippen molar-refractivity contribution in [3.05, 3.63) is 71.5 Å². The van der Waals surface area contributed by atoms with Crippen molar-refractivity contribution in [3.8, 4) is 0 Å². The molecular weight excluding hydrogens is 355 g/mol. The summed E-state index contributed by atoms with van der Waals surface area (Å²) in [6.07, 6.45) is 2.01. The topological polar surface area (TPSA) is 32.8 Å². The summed E-state index contributed by atoms with van der Waals surface area (Å²) in [5.41, 5.74) is 2.33. The van der Waals surface area contributed by atoms with Gasteiger partial charge < -0.3 is 9.64 Å². The van der Waals surface area contributed by atoms with Gasteiger partial charge in [-0.3, -0.25) is 9.69 Å². The Kier molecular flexibility index (Phi) is 6.03. The van der Waals surface area contributed by atoms with E-state index in [1.165, 1.54) is 17.7 Å². The summed E-state index contributed by atoms with van der Waals surface area (Å²) in [6, 6.07) is 17.0. The molecule has 0 N–H and O–H groups in total. The highest BCUT2D eigenvalue weighted by molar-refractivity contribution is 5.78. The number of piperidine rings is 1. The van der Waals surface area contributed by atoms with Gasteiger partial charge in [-0.05, 0) is 55.1 Å². The third-order valence-electron chi connectivity index (χ3n) is 5.88. The number of nitrogens with zero attached hydrogens (tertiary/aromatic N) is 2. The highest BCUT2D eigenvalue weighted by Crippen LogP contribution is 2.28. The number of ether oxygens (including phenoxy) is 1. The first kappa shape index (κ1) is 19.1. The molecule has 4 nitrogen and oxygen atoms in total. The lowest BCUT2D eigenvalue weighted by Crippen LogP contribution is -2.47. The maximum absolute atomic E-state index is 13.1. The maximum Gasteiger partial charge on any atom is 0.236 e. The molecule has 28 heavy (non-hydrogen) atoms. The summed E-state index contributed by atoms with van der Waals surface area (Å²) in [6.45, 7) is 4.05. The molecule has 4 rings (SSSR count). The SMILES string of the molecule is O=C(CN1CCC(c2ccccc2)CC1)N1CCO[C@@H](c2ccc(F)cc2)C1. The van der Waals surface area contributed by atoms with Crippen molar-refractivity contribution in [3.63, 3.8) is 0 Å². The van der Waals surface area contributed by atoms with Gasteiger partial charge in [-0.15, -0.1) is 0 Å². The van der Waals surface area contributed by atoms with Crippen LogP contribution in [-0.2, 0) is 9.53 Å². The lowest BCUT2D eigenvalue weighted by atomic mass is 9.89. The summed E-state index contributed by atoms with van der Waals surface area (Å²) in [5.74, 6) is 0.499. The molecule has 0 unspecified atom stereocenters. The van der Waals surface area contributed by atoms with E-state index in [-0.39, 0.29) is 17.8 Å². The van der Waals surface area contributed by atoms with E-state index in [0.29, 0.717) is 32.2 Å². The second kappa shape index (κ2) is 8.84. The van der Waals surface area contributed by atoms with E-state index in [1.54, 1.807) is 12.1 Å². The molecule has 0 aliphatic carbocycles. The molecule has 2 aliphatic rings. The van der Waals surface area contributed by atoms with Crippen molar-refractivity contribution in [2.24, 2.45) is 0 Å². The minimum Gasteiger partial charge on any atom is -0.370 e. The zero-order valence-corrected chi connectivity index (χ0v) is 16.1. The van der Waals surface area contributed by atoms with Crippen LogP contribution in [0.1, 0.15) is 36.0 Å². The van der Waals surface area contributed by atoms with Gasteiger partial charge in [0.05, 0.1) is 19.7 Å². The Bertz CT molecular complexity index is 773. The molecule has 2 heterocycles. The normalized spacial score (nSPS) is 21.6. The Balaban J connectivity index is 1.28. The van der Waals surface area contributed by atoms with Crippen molar-refractivity contribution in [2.75, 3.05) is 39.3 Å². The Labute approximate surface area is 165 Å². The number of hydrogen-bond acceptors (Lipinski definition) is 3. The standard InChI is InChI=1S/C23H27FN2O2/c24-21-8-6-20(7-9-21)22-16-26(14-15-28-22)23(27)17-25-12-10-19(11-13-25)18-4-2-1-3-5-18/h1-9,19,22H,10-17H2/t22-/m1/s1. The summed E-state index contributed by atoms with van der Waals surface area (Å²) in [7, 11) is 0. The van der Waals surface area contributed by atoms with E-state index in [2.05, 4.69) is 35.2 Å². The minimum absolute atomic E-state index is 0.161. The zero-order chi connectivity index (χ0) is 19.3.